The maximum atomic E-state index is 12.5. The summed E-state index contributed by atoms with van der Waals surface area (Å²) in [5.74, 6) is -0.0291. The predicted molar refractivity (Wildman–Crippen MR) is 78.0 cm³/mol. The second-order valence-corrected chi connectivity index (χ2v) is 6.61. The Morgan fingerprint density at radius 3 is 3.15 bits per heavy atom. The molecule has 8 heteroatoms. The summed E-state index contributed by atoms with van der Waals surface area (Å²) in [4.78, 5) is 24.9. The quantitative estimate of drug-likeness (QED) is 0.741. The van der Waals surface area contributed by atoms with Crippen molar-refractivity contribution in [2.24, 2.45) is 0 Å². The highest BCUT2D eigenvalue weighted by atomic mass is 32.1. The monoisotopic (exact) mass is 305 g/mol. The van der Waals surface area contributed by atoms with Gasteiger partial charge >= 0.3 is 0 Å². The van der Waals surface area contributed by atoms with Crippen molar-refractivity contribution in [3.05, 3.63) is 34.0 Å². The molecule has 6 nitrogen and oxygen atoms in total. The molecule has 0 bridgehead atoms. The average Bonchev–Trinajstić information content (AvgIpc) is 3.08. The average molecular weight is 305 g/mol. The van der Waals surface area contributed by atoms with E-state index in [0.717, 1.165) is 22.0 Å². The molecule has 3 aromatic rings. The highest BCUT2D eigenvalue weighted by Crippen LogP contribution is 2.27. The van der Waals surface area contributed by atoms with Crippen molar-refractivity contribution in [3.8, 4) is 0 Å². The van der Waals surface area contributed by atoms with Crippen molar-refractivity contribution >= 4 is 38.7 Å². The molecule has 20 heavy (non-hydrogen) atoms. The summed E-state index contributed by atoms with van der Waals surface area (Å²) in [5, 5.41) is 2.52. The highest BCUT2D eigenvalue weighted by molar-refractivity contribution is 7.15. The largest absolute Gasteiger partial charge is 0.375 e. The topological polar surface area (TPSA) is 76.5 Å². The van der Waals surface area contributed by atoms with Gasteiger partial charge in [-0.15, -0.1) is 22.7 Å². The van der Waals surface area contributed by atoms with Gasteiger partial charge in [-0.1, -0.05) is 0 Å². The van der Waals surface area contributed by atoms with Gasteiger partial charge in [-0.05, 0) is 0 Å². The van der Waals surface area contributed by atoms with Gasteiger partial charge in [0.15, 0.2) is 10.1 Å². The second kappa shape index (κ2) is 4.29. The molecule has 0 saturated heterocycles. The van der Waals surface area contributed by atoms with Gasteiger partial charge in [-0.3, -0.25) is 9.20 Å². The zero-order chi connectivity index (χ0) is 13.7. The van der Waals surface area contributed by atoms with E-state index in [4.69, 9.17) is 5.73 Å². The first-order valence-corrected chi connectivity index (χ1v) is 7.86. The number of fused-ring (bicyclic) bond motifs is 2. The van der Waals surface area contributed by atoms with Crippen LogP contribution in [0.15, 0.2) is 17.8 Å². The molecule has 0 unspecified atom stereocenters. The molecule has 0 atom stereocenters. The van der Waals surface area contributed by atoms with E-state index in [1.807, 2.05) is 20.9 Å². The van der Waals surface area contributed by atoms with Crippen molar-refractivity contribution in [1.29, 1.82) is 0 Å². The lowest BCUT2D eigenvalue weighted by Crippen LogP contribution is -2.35. The Bertz CT molecular complexity index is 773. The van der Waals surface area contributed by atoms with Gasteiger partial charge in [0, 0.05) is 35.6 Å². The lowest BCUT2D eigenvalue weighted by molar-refractivity contribution is 0.0731. The Morgan fingerprint density at radius 1 is 1.40 bits per heavy atom. The molecule has 4 heterocycles. The van der Waals surface area contributed by atoms with Crippen molar-refractivity contribution in [3.63, 3.8) is 0 Å². The van der Waals surface area contributed by atoms with Crippen LogP contribution in [0.1, 0.15) is 21.1 Å². The fraction of sp³-hybridized carbons (Fsp3) is 0.250. The van der Waals surface area contributed by atoms with E-state index in [0.29, 0.717) is 23.9 Å². The standard InChI is InChI=1S/C12H11N5OS2/c13-11-14-7-1-2-16(6-9(7)20-11)10(18)8-5-17-3-4-19-12(17)15-8/h3-5H,1-2,6H2,(H2,13,14). The van der Waals surface area contributed by atoms with Gasteiger partial charge in [0.25, 0.3) is 5.91 Å². The van der Waals surface area contributed by atoms with Crippen LogP contribution in [0.5, 0.6) is 0 Å². The third-order valence-corrected chi connectivity index (χ3v) is 5.03. The molecule has 102 valence electrons. The van der Waals surface area contributed by atoms with Crippen LogP contribution < -0.4 is 5.73 Å². The smallest absolute Gasteiger partial charge is 0.274 e. The predicted octanol–water partition coefficient (Wildman–Crippen LogP) is 1.63. The van der Waals surface area contributed by atoms with Crippen LogP contribution in [0.2, 0.25) is 0 Å². The van der Waals surface area contributed by atoms with Gasteiger partial charge in [-0.2, -0.15) is 0 Å². The summed E-state index contributed by atoms with van der Waals surface area (Å²) in [5.41, 5.74) is 7.25. The molecule has 0 aromatic carbocycles. The van der Waals surface area contributed by atoms with Crippen LogP contribution in [0.3, 0.4) is 0 Å². The van der Waals surface area contributed by atoms with Crippen LogP contribution in [0, 0.1) is 0 Å². The molecule has 1 amide bonds. The van der Waals surface area contributed by atoms with Crippen LogP contribution in [-0.4, -0.2) is 31.7 Å². The van der Waals surface area contributed by atoms with E-state index in [9.17, 15) is 4.79 Å². The molecule has 3 aromatic heterocycles. The van der Waals surface area contributed by atoms with Crippen molar-refractivity contribution in [1.82, 2.24) is 19.3 Å². The van der Waals surface area contributed by atoms with E-state index in [-0.39, 0.29) is 5.91 Å². The number of nitrogens with zero attached hydrogens (tertiary/aromatic N) is 4. The normalized spacial score (nSPS) is 14.7. The Hall–Kier alpha value is -1.93. The maximum absolute atomic E-state index is 12.5. The number of carbonyl (C=O) groups excluding carboxylic acids is 1. The maximum Gasteiger partial charge on any atom is 0.274 e. The Labute approximate surface area is 122 Å². The summed E-state index contributed by atoms with van der Waals surface area (Å²) in [6, 6.07) is 0. The van der Waals surface area contributed by atoms with Crippen LogP contribution >= 0.6 is 22.7 Å². The molecule has 0 saturated carbocycles. The number of thiazole rings is 2. The number of nitrogen functional groups attached to an aromatic ring is 1. The number of nitrogens with two attached hydrogens (primary N) is 1. The molecule has 0 fully saturated rings. The number of hydrogen-bond donors (Lipinski definition) is 1. The highest BCUT2D eigenvalue weighted by Gasteiger charge is 2.26. The number of hydrogen-bond acceptors (Lipinski definition) is 6. The van der Waals surface area contributed by atoms with Gasteiger partial charge in [0.05, 0.1) is 12.2 Å². The molecule has 1 aliphatic heterocycles. The Balaban J connectivity index is 1.62. The van der Waals surface area contributed by atoms with E-state index >= 15 is 0 Å². The van der Waals surface area contributed by atoms with E-state index in [1.54, 1.807) is 6.20 Å². The minimum Gasteiger partial charge on any atom is -0.375 e. The lowest BCUT2D eigenvalue weighted by Gasteiger charge is -2.25. The summed E-state index contributed by atoms with van der Waals surface area (Å²) in [7, 11) is 0. The third kappa shape index (κ3) is 1.80. The molecule has 0 radical (unpaired) electrons. The number of imidazole rings is 1. The van der Waals surface area contributed by atoms with Crippen molar-refractivity contribution in [2.45, 2.75) is 13.0 Å². The number of aromatic nitrogens is 3. The molecular formula is C12H11N5OS2. The molecular weight excluding hydrogens is 294 g/mol. The first-order chi connectivity index (χ1) is 9.70. The lowest BCUT2D eigenvalue weighted by atomic mass is 10.1. The Morgan fingerprint density at radius 2 is 2.30 bits per heavy atom. The van der Waals surface area contributed by atoms with Crippen LogP contribution in [0.25, 0.3) is 4.96 Å². The Kier molecular flexibility index (Phi) is 2.54. The second-order valence-electron chi connectivity index (χ2n) is 4.62. The third-order valence-electron chi connectivity index (χ3n) is 3.35. The fourth-order valence-corrected chi connectivity index (χ4v) is 3.98. The number of amides is 1. The summed E-state index contributed by atoms with van der Waals surface area (Å²) in [6.07, 6.45) is 4.45. The van der Waals surface area contributed by atoms with E-state index in [1.165, 1.54) is 22.7 Å². The van der Waals surface area contributed by atoms with Gasteiger partial charge in [0.1, 0.15) is 5.69 Å². The van der Waals surface area contributed by atoms with Crippen LogP contribution in [-0.2, 0) is 13.0 Å². The van der Waals surface area contributed by atoms with E-state index in [2.05, 4.69) is 9.97 Å². The summed E-state index contributed by atoms with van der Waals surface area (Å²) < 4.78 is 1.87. The summed E-state index contributed by atoms with van der Waals surface area (Å²) in [6.45, 7) is 1.24. The van der Waals surface area contributed by atoms with Crippen molar-refractivity contribution < 1.29 is 4.79 Å². The van der Waals surface area contributed by atoms with E-state index < -0.39 is 0 Å². The number of carbonyl (C=O) groups is 1. The number of anilines is 1. The minimum atomic E-state index is -0.0291. The molecule has 1 aliphatic rings. The first kappa shape index (κ1) is 11.9. The molecule has 4 rings (SSSR count). The zero-order valence-electron chi connectivity index (χ0n) is 10.4. The SMILES string of the molecule is Nc1nc2c(s1)CN(C(=O)c1cn3ccsc3n1)CC2. The van der Waals surface area contributed by atoms with Crippen molar-refractivity contribution in [2.75, 3.05) is 12.3 Å². The fourth-order valence-electron chi connectivity index (χ4n) is 2.38. The molecule has 2 N–H and O–H groups in total. The van der Waals surface area contributed by atoms with Gasteiger partial charge in [-0.25, -0.2) is 9.97 Å². The number of rotatable bonds is 1. The summed E-state index contributed by atoms with van der Waals surface area (Å²) >= 11 is 2.98. The van der Waals surface area contributed by atoms with Gasteiger partial charge < -0.3 is 10.6 Å². The first-order valence-electron chi connectivity index (χ1n) is 6.16. The minimum absolute atomic E-state index is 0.0291. The molecule has 0 aliphatic carbocycles. The van der Waals surface area contributed by atoms with Gasteiger partial charge in [0.2, 0.25) is 0 Å². The zero-order valence-corrected chi connectivity index (χ0v) is 12.1. The molecule has 0 spiro atoms. The van der Waals surface area contributed by atoms with Crippen LogP contribution in [0.4, 0.5) is 5.13 Å².